The van der Waals surface area contributed by atoms with Crippen molar-refractivity contribution in [2.75, 3.05) is 13.1 Å². The number of benzene rings is 2. The van der Waals surface area contributed by atoms with Gasteiger partial charge >= 0.3 is 0 Å². The molecule has 2 aromatic rings. The lowest BCUT2D eigenvalue weighted by atomic mass is 10.1. The van der Waals surface area contributed by atoms with Gasteiger partial charge in [0, 0.05) is 11.1 Å². The summed E-state index contributed by atoms with van der Waals surface area (Å²) in [6.07, 6.45) is -0.583. The number of amides is 1. The molecule has 0 fully saturated rings. The highest BCUT2D eigenvalue weighted by Gasteiger charge is 2.30. The van der Waals surface area contributed by atoms with Crippen LogP contribution in [-0.2, 0) is 0 Å². The summed E-state index contributed by atoms with van der Waals surface area (Å²) >= 11 is 0. The third-order valence-electron chi connectivity index (χ3n) is 3.95. The Morgan fingerprint density at radius 1 is 0.870 bits per heavy atom. The zero-order chi connectivity index (χ0) is 16.7. The maximum Gasteiger partial charge on any atom is 0.256 e. The number of nitrogens with one attached hydrogen (secondary N) is 2. The zero-order valence-corrected chi connectivity index (χ0v) is 13.6. The van der Waals surface area contributed by atoms with E-state index in [1.54, 1.807) is 24.3 Å². The van der Waals surface area contributed by atoms with Crippen LogP contribution in [0.1, 0.15) is 34.6 Å². The van der Waals surface area contributed by atoms with Crippen LogP contribution in [-0.4, -0.2) is 30.9 Å². The number of rotatable bonds is 7. The van der Waals surface area contributed by atoms with Crippen LogP contribution < -0.4 is 10.2 Å². The van der Waals surface area contributed by atoms with Gasteiger partial charge in [-0.15, -0.1) is 0 Å². The largest absolute Gasteiger partial charge is 0.309 e. The third kappa shape index (κ3) is 4.27. The number of carbonyl (C=O) groups excluding carboxylic acids is 2. The molecule has 4 nitrogen and oxygen atoms in total. The molecule has 0 saturated heterocycles. The van der Waals surface area contributed by atoms with Crippen LogP contribution in [0.3, 0.4) is 0 Å². The normalized spacial score (nSPS) is 12.0. The fraction of sp³-hybridized carbons (Fsp3) is 0.263. The molecule has 0 heterocycles. The van der Waals surface area contributed by atoms with E-state index in [1.165, 1.54) is 0 Å². The number of hydrogen-bond acceptors (Lipinski definition) is 2. The Balaban J connectivity index is 2.24. The molecule has 120 valence electrons. The summed E-state index contributed by atoms with van der Waals surface area (Å²) < 4.78 is 0. The number of quaternary nitrogens is 1. The number of hydrogen-bond donors (Lipinski definition) is 2. The number of Topliss-reactive ketones (excluding diaryl/α,β-unsaturated/α-hetero) is 1. The second-order valence-corrected chi connectivity index (χ2v) is 5.37. The Morgan fingerprint density at radius 2 is 1.35 bits per heavy atom. The summed E-state index contributed by atoms with van der Waals surface area (Å²) in [7, 11) is 0. The highest BCUT2D eigenvalue weighted by atomic mass is 16.2. The summed E-state index contributed by atoms with van der Waals surface area (Å²) in [5, 5.41) is 2.91. The molecule has 0 spiro atoms. The standard InChI is InChI=1S/C19H22N2O2/c1-3-21(4-2)18(17(22)15-11-7-5-8-12-15)20-19(23)16-13-9-6-10-14-16/h5-14,18H,3-4H2,1-2H3,(H,20,23)/p+1. The van der Waals surface area contributed by atoms with Gasteiger partial charge in [0.05, 0.1) is 13.1 Å². The number of ketones is 1. The quantitative estimate of drug-likeness (QED) is 0.602. The van der Waals surface area contributed by atoms with Crippen LogP contribution in [0.2, 0.25) is 0 Å². The van der Waals surface area contributed by atoms with E-state index in [1.807, 2.05) is 50.2 Å². The van der Waals surface area contributed by atoms with Crippen molar-refractivity contribution in [3.8, 4) is 0 Å². The second-order valence-electron chi connectivity index (χ2n) is 5.37. The molecular formula is C19H23N2O2+. The van der Waals surface area contributed by atoms with Crippen LogP contribution in [0.5, 0.6) is 0 Å². The van der Waals surface area contributed by atoms with Gasteiger partial charge in [-0.1, -0.05) is 48.5 Å². The van der Waals surface area contributed by atoms with E-state index >= 15 is 0 Å². The van der Waals surface area contributed by atoms with Gasteiger partial charge in [-0.05, 0) is 26.0 Å². The molecule has 4 heteroatoms. The fourth-order valence-corrected chi connectivity index (χ4v) is 2.58. The van der Waals surface area contributed by atoms with Crippen molar-refractivity contribution in [3.05, 3.63) is 71.8 Å². The maximum atomic E-state index is 12.8. The molecule has 0 aromatic heterocycles. The first-order valence-corrected chi connectivity index (χ1v) is 7.97. The van der Waals surface area contributed by atoms with Gasteiger partial charge in [-0.2, -0.15) is 0 Å². The van der Waals surface area contributed by atoms with Gasteiger partial charge in [0.1, 0.15) is 0 Å². The van der Waals surface area contributed by atoms with E-state index in [9.17, 15) is 9.59 Å². The Kier molecular flexibility index (Phi) is 6.06. The molecule has 1 amide bonds. The van der Waals surface area contributed by atoms with Crippen molar-refractivity contribution >= 4 is 11.7 Å². The summed E-state index contributed by atoms with van der Waals surface area (Å²) in [6, 6.07) is 18.1. The minimum absolute atomic E-state index is 0.0615. The topological polar surface area (TPSA) is 50.6 Å². The van der Waals surface area contributed by atoms with Crippen molar-refractivity contribution in [2.45, 2.75) is 20.0 Å². The molecule has 1 atom stereocenters. The van der Waals surface area contributed by atoms with E-state index < -0.39 is 6.17 Å². The monoisotopic (exact) mass is 311 g/mol. The molecule has 0 aliphatic heterocycles. The summed E-state index contributed by atoms with van der Waals surface area (Å²) in [5.74, 6) is -0.284. The molecule has 2 rings (SSSR count). The molecule has 2 N–H and O–H groups in total. The van der Waals surface area contributed by atoms with Crippen LogP contribution in [0, 0.1) is 0 Å². The van der Waals surface area contributed by atoms with E-state index in [0.29, 0.717) is 11.1 Å². The summed E-state index contributed by atoms with van der Waals surface area (Å²) in [4.78, 5) is 26.3. The van der Waals surface area contributed by atoms with Gasteiger partial charge in [0.2, 0.25) is 11.9 Å². The second kappa shape index (κ2) is 8.25. The molecule has 0 aliphatic rings. The van der Waals surface area contributed by atoms with Crippen LogP contribution in [0.15, 0.2) is 60.7 Å². The zero-order valence-electron chi connectivity index (χ0n) is 13.6. The molecule has 0 radical (unpaired) electrons. The average molecular weight is 311 g/mol. The maximum absolute atomic E-state index is 12.8. The lowest BCUT2D eigenvalue weighted by molar-refractivity contribution is -0.914. The first-order chi connectivity index (χ1) is 11.2. The molecule has 0 aliphatic carbocycles. The lowest BCUT2D eigenvalue weighted by Crippen LogP contribution is -3.18. The fourth-order valence-electron chi connectivity index (χ4n) is 2.58. The van der Waals surface area contributed by atoms with Crippen LogP contribution >= 0.6 is 0 Å². The number of carbonyl (C=O) groups is 2. The molecule has 23 heavy (non-hydrogen) atoms. The Hall–Kier alpha value is -2.46. The van der Waals surface area contributed by atoms with Gasteiger partial charge in [-0.25, -0.2) is 0 Å². The van der Waals surface area contributed by atoms with Crippen molar-refractivity contribution in [3.63, 3.8) is 0 Å². The Bertz CT molecular complexity index is 637. The van der Waals surface area contributed by atoms with E-state index in [0.717, 1.165) is 18.0 Å². The highest BCUT2D eigenvalue weighted by molar-refractivity contribution is 6.03. The van der Waals surface area contributed by atoms with Crippen molar-refractivity contribution in [1.29, 1.82) is 0 Å². The minimum atomic E-state index is -0.583. The van der Waals surface area contributed by atoms with Crippen LogP contribution in [0.25, 0.3) is 0 Å². The minimum Gasteiger partial charge on any atom is -0.309 e. The highest BCUT2D eigenvalue weighted by Crippen LogP contribution is 2.03. The smallest absolute Gasteiger partial charge is 0.256 e. The summed E-state index contributed by atoms with van der Waals surface area (Å²) in [5.41, 5.74) is 1.18. The first kappa shape index (κ1) is 16.9. The SMILES string of the molecule is CC[NH+](CC)C(NC(=O)c1ccccc1)C(=O)c1ccccc1. The van der Waals surface area contributed by atoms with Gasteiger partial charge < -0.3 is 4.90 Å². The predicted molar refractivity (Wildman–Crippen MR) is 90.5 cm³/mol. The number of likely N-dealkylation sites (N-methyl/N-ethyl adjacent to an activating group) is 1. The molecule has 0 saturated carbocycles. The predicted octanol–water partition coefficient (Wildman–Crippen LogP) is 1.55. The average Bonchev–Trinajstić information content (AvgIpc) is 2.62. The lowest BCUT2D eigenvalue weighted by Gasteiger charge is -2.26. The third-order valence-corrected chi connectivity index (χ3v) is 3.95. The molecular weight excluding hydrogens is 288 g/mol. The van der Waals surface area contributed by atoms with Crippen molar-refractivity contribution in [1.82, 2.24) is 5.32 Å². The molecule has 0 bridgehead atoms. The van der Waals surface area contributed by atoms with Gasteiger partial charge in [0.25, 0.3) is 5.91 Å². The Labute approximate surface area is 137 Å². The first-order valence-electron chi connectivity index (χ1n) is 7.97. The molecule has 1 unspecified atom stereocenters. The van der Waals surface area contributed by atoms with Crippen molar-refractivity contribution in [2.24, 2.45) is 0 Å². The summed E-state index contributed by atoms with van der Waals surface area (Å²) in [6.45, 7) is 5.54. The Morgan fingerprint density at radius 3 is 1.83 bits per heavy atom. The van der Waals surface area contributed by atoms with E-state index in [2.05, 4.69) is 5.32 Å². The van der Waals surface area contributed by atoms with E-state index in [4.69, 9.17) is 0 Å². The van der Waals surface area contributed by atoms with Gasteiger partial charge in [-0.3, -0.25) is 14.9 Å². The molecule has 2 aromatic carbocycles. The van der Waals surface area contributed by atoms with Crippen LogP contribution in [0.4, 0.5) is 0 Å². The van der Waals surface area contributed by atoms with Crippen molar-refractivity contribution < 1.29 is 14.5 Å². The van der Waals surface area contributed by atoms with E-state index in [-0.39, 0.29) is 11.7 Å². The van der Waals surface area contributed by atoms with Gasteiger partial charge in [0.15, 0.2) is 0 Å².